The third-order valence-corrected chi connectivity index (χ3v) is 7.26. The smallest absolute Gasteiger partial charge is 0.242 e. The van der Waals surface area contributed by atoms with Crippen molar-refractivity contribution in [2.75, 3.05) is 23.7 Å². The van der Waals surface area contributed by atoms with Gasteiger partial charge < -0.3 is 10.2 Å². The van der Waals surface area contributed by atoms with Gasteiger partial charge in [-0.3, -0.25) is 13.9 Å². The molecule has 0 aliphatic rings. The van der Waals surface area contributed by atoms with Crippen molar-refractivity contribution in [3.63, 3.8) is 0 Å². The molecule has 0 saturated carbocycles. The third-order valence-electron chi connectivity index (χ3n) is 5.33. The zero-order chi connectivity index (χ0) is 25.5. The fraction of sp³-hybridized carbons (Fsp3) is 0.417. The summed E-state index contributed by atoms with van der Waals surface area (Å²) < 4.78 is 26.0. The Kier molecular flexibility index (Phi) is 10.2. The van der Waals surface area contributed by atoms with Crippen molar-refractivity contribution in [2.24, 2.45) is 0 Å². The van der Waals surface area contributed by atoms with Crippen LogP contribution in [0.3, 0.4) is 0 Å². The minimum atomic E-state index is -3.53. The summed E-state index contributed by atoms with van der Waals surface area (Å²) in [5.41, 5.74) is 2.30. The number of rotatable bonds is 11. The lowest BCUT2D eigenvalue weighted by Crippen LogP contribution is -2.47. The number of likely N-dealkylation sites (N-methyl/N-ethyl adjacent to an activating group) is 1. The van der Waals surface area contributed by atoms with E-state index in [0.29, 0.717) is 28.7 Å². The first-order valence-corrected chi connectivity index (χ1v) is 13.6. The minimum Gasteiger partial charge on any atom is -0.355 e. The van der Waals surface area contributed by atoms with Gasteiger partial charge in [-0.2, -0.15) is 0 Å². The molecule has 0 aromatic heterocycles. The highest BCUT2D eigenvalue weighted by Gasteiger charge is 2.26. The van der Waals surface area contributed by atoms with E-state index in [0.717, 1.165) is 17.4 Å². The van der Waals surface area contributed by atoms with Crippen LogP contribution in [0.1, 0.15) is 37.8 Å². The average Bonchev–Trinajstić information content (AvgIpc) is 2.77. The SMILES string of the molecule is CCNC(=O)[C@@H](C)N(Cc1ccc(Cl)c(Cl)c1)C(=O)CCCN(c1ccc(C)cc1)S(C)(=O)=O. The number of aryl methyl sites for hydroxylation is 1. The molecule has 2 aromatic carbocycles. The topological polar surface area (TPSA) is 86.8 Å². The number of hydrogen-bond donors (Lipinski definition) is 1. The quantitative estimate of drug-likeness (QED) is 0.469. The molecular weight excluding hydrogens is 497 g/mol. The van der Waals surface area contributed by atoms with Crippen molar-refractivity contribution < 1.29 is 18.0 Å². The molecule has 2 rings (SSSR count). The second-order valence-corrected chi connectivity index (χ2v) is 10.8. The summed E-state index contributed by atoms with van der Waals surface area (Å²) in [6, 6.07) is 11.5. The molecule has 0 spiro atoms. The highest BCUT2D eigenvalue weighted by molar-refractivity contribution is 7.92. The number of nitrogens with one attached hydrogen (secondary N) is 1. The van der Waals surface area contributed by atoms with E-state index in [9.17, 15) is 18.0 Å². The lowest BCUT2D eigenvalue weighted by Gasteiger charge is -2.29. The van der Waals surface area contributed by atoms with Gasteiger partial charge in [0.1, 0.15) is 6.04 Å². The van der Waals surface area contributed by atoms with Crippen molar-refractivity contribution in [1.82, 2.24) is 10.2 Å². The van der Waals surface area contributed by atoms with Gasteiger partial charge in [0.05, 0.1) is 22.0 Å². The van der Waals surface area contributed by atoms with Gasteiger partial charge in [0, 0.05) is 26.1 Å². The van der Waals surface area contributed by atoms with Crippen molar-refractivity contribution in [2.45, 2.75) is 46.2 Å². The normalized spacial score (nSPS) is 12.2. The summed E-state index contributed by atoms with van der Waals surface area (Å²) in [7, 11) is -3.53. The maximum absolute atomic E-state index is 13.2. The number of benzene rings is 2. The van der Waals surface area contributed by atoms with E-state index in [1.807, 2.05) is 19.1 Å². The molecule has 186 valence electrons. The molecular formula is C24H31Cl2N3O4S. The Balaban J connectivity index is 2.17. The van der Waals surface area contributed by atoms with Gasteiger partial charge in [-0.05, 0) is 57.0 Å². The fourth-order valence-corrected chi connectivity index (χ4v) is 4.74. The molecule has 2 aromatic rings. The van der Waals surface area contributed by atoms with Crippen LogP contribution in [0.4, 0.5) is 5.69 Å². The Bertz CT molecular complexity index is 1110. The molecule has 1 N–H and O–H groups in total. The van der Waals surface area contributed by atoms with Gasteiger partial charge in [0.2, 0.25) is 21.8 Å². The second kappa shape index (κ2) is 12.4. The predicted octanol–water partition coefficient (Wildman–Crippen LogP) is 4.40. The molecule has 2 amide bonds. The first-order chi connectivity index (χ1) is 15.9. The highest BCUT2D eigenvalue weighted by Crippen LogP contribution is 2.24. The summed E-state index contributed by atoms with van der Waals surface area (Å²) in [5.74, 6) is -0.532. The molecule has 0 heterocycles. The van der Waals surface area contributed by atoms with Crippen molar-refractivity contribution in [1.29, 1.82) is 0 Å². The Hall–Kier alpha value is -2.29. The number of anilines is 1. The van der Waals surface area contributed by atoms with Crippen LogP contribution in [0.15, 0.2) is 42.5 Å². The largest absolute Gasteiger partial charge is 0.355 e. The van der Waals surface area contributed by atoms with Crippen molar-refractivity contribution in [3.8, 4) is 0 Å². The molecule has 1 atom stereocenters. The fourth-order valence-electron chi connectivity index (χ4n) is 3.45. The third kappa shape index (κ3) is 7.89. The zero-order valence-electron chi connectivity index (χ0n) is 19.8. The molecule has 7 nitrogen and oxygen atoms in total. The van der Waals surface area contributed by atoms with Gasteiger partial charge >= 0.3 is 0 Å². The maximum Gasteiger partial charge on any atom is 0.242 e. The van der Waals surface area contributed by atoms with E-state index >= 15 is 0 Å². The molecule has 0 bridgehead atoms. The Morgan fingerprint density at radius 2 is 1.71 bits per heavy atom. The number of carbonyl (C=O) groups is 2. The van der Waals surface area contributed by atoms with E-state index in [1.54, 1.807) is 44.2 Å². The van der Waals surface area contributed by atoms with Crippen LogP contribution in [-0.2, 0) is 26.2 Å². The molecule has 0 unspecified atom stereocenters. The monoisotopic (exact) mass is 527 g/mol. The summed E-state index contributed by atoms with van der Waals surface area (Å²) in [4.78, 5) is 27.1. The van der Waals surface area contributed by atoms with E-state index in [4.69, 9.17) is 23.2 Å². The van der Waals surface area contributed by atoms with Gasteiger partial charge in [-0.25, -0.2) is 8.42 Å². The van der Waals surface area contributed by atoms with Crippen LogP contribution < -0.4 is 9.62 Å². The second-order valence-electron chi connectivity index (χ2n) is 8.11. The molecule has 0 aliphatic heterocycles. The number of hydrogen-bond acceptors (Lipinski definition) is 4. The van der Waals surface area contributed by atoms with Crippen LogP contribution in [0.5, 0.6) is 0 Å². The number of nitrogens with zero attached hydrogens (tertiary/aromatic N) is 2. The van der Waals surface area contributed by atoms with Crippen LogP contribution in [-0.4, -0.2) is 50.5 Å². The first-order valence-electron chi connectivity index (χ1n) is 11.0. The summed E-state index contributed by atoms with van der Waals surface area (Å²) >= 11 is 12.1. The molecule has 0 radical (unpaired) electrons. The molecule has 10 heteroatoms. The highest BCUT2D eigenvalue weighted by atomic mass is 35.5. The van der Waals surface area contributed by atoms with Crippen LogP contribution in [0, 0.1) is 6.92 Å². The standard InChI is InChI=1S/C24H31Cl2N3O4S/c1-5-27-24(31)18(3)28(16-19-10-13-21(25)22(26)15-19)23(30)7-6-14-29(34(4,32)33)20-11-8-17(2)9-12-20/h8-13,15,18H,5-7,14,16H2,1-4H3,(H,27,31)/t18-/m1/s1. The van der Waals surface area contributed by atoms with E-state index < -0.39 is 16.1 Å². The van der Waals surface area contributed by atoms with Gasteiger partial charge in [-0.1, -0.05) is 47.0 Å². The first kappa shape index (κ1) is 28.0. The Morgan fingerprint density at radius 1 is 1.06 bits per heavy atom. The Labute approximate surface area is 212 Å². The maximum atomic E-state index is 13.2. The molecule has 0 fully saturated rings. The zero-order valence-corrected chi connectivity index (χ0v) is 22.2. The summed E-state index contributed by atoms with van der Waals surface area (Å²) in [6.45, 7) is 6.14. The number of sulfonamides is 1. The summed E-state index contributed by atoms with van der Waals surface area (Å²) in [5, 5.41) is 3.50. The van der Waals surface area contributed by atoms with E-state index in [-0.39, 0.29) is 31.3 Å². The number of halogens is 2. The Morgan fingerprint density at radius 3 is 2.26 bits per heavy atom. The molecule has 0 saturated heterocycles. The molecule has 34 heavy (non-hydrogen) atoms. The van der Waals surface area contributed by atoms with Gasteiger partial charge in [-0.15, -0.1) is 0 Å². The lowest BCUT2D eigenvalue weighted by atomic mass is 10.1. The minimum absolute atomic E-state index is 0.0724. The number of amides is 2. The van der Waals surface area contributed by atoms with Crippen LogP contribution >= 0.6 is 23.2 Å². The number of carbonyl (C=O) groups excluding carboxylic acids is 2. The predicted molar refractivity (Wildman–Crippen MR) is 138 cm³/mol. The van der Waals surface area contributed by atoms with Crippen LogP contribution in [0.2, 0.25) is 10.0 Å². The van der Waals surface area contributed by atoms with Crippen molar-refractivity contribution in [3.05, 3.63) is 63.6 Å². The van der Waals surface area contributed by atoms with Crippen LogP contribution in [0.25, 0.3) is 0 Å². The van der Waals surface area contributed by atoms with E-state index in [2.05, 4.69) is 5.32 Å². The average molecular weight is 529 g/mol. The van der Waals surface area contributed by atoms with Gasteiger partial charge in [0.15, 0.2) is 0 Å². The summed E-state index contributed by atoms with van der Waals surface area (Å²) in [6.07, 6.45) is 1.51. The molecule has 0 aliphatic carbocycles. The van der Waals surface area contributed by atoms with E-state index in [1.165, 1.54) is 9.21 Å². The lowest BCUT2D eigenvalue weighted by molar-refractivity contribution is -0.140. The van der Waals surface area contributed by atoms with Gasteiger partial charge in [0.25, 0.3) is 0 Å². The van der Waals surface area contributed by atoms with Crippen molar-refractivity contribution >= 4 is 50.7 Å².